The molecule has 1 aromatic rings. The largest absolute Gasteiger partial charge is 0.481 e. The number of nitrogens with zero attached hydrogens (tertiary/aromatic N) is 1. The second-order valence-corrected chi connectivity index (χ2v) is 6.35. The molecule has 2 heterocycles. The molecular weight excluding hydrogens is 278 g/mol. The van der Waals surface area contributed by atoms with Crippen LogP contribution in [0, 0.1) is 0 Å². The SMILES string of the molecule is O=C(O)C[C@@H]1SCCCN2C(=O)c3ccccc3[C@@]12O. The van der Waals surface area contributed by atoms with Gasteiger partial charge in [-0.25, -0.2) is 0 Å². The Morgan fingerprint density at radius 1 is 1.45 bits per heavy atom. The van der Waals surface area contributed by atoms with E-state index in [2.05, 4.69) is 0 Å². The fourth-order valence-electron chi connectivity index (χ4n) is 2.98. The van der Waals surface area contributed by atoms with Crippen LogP contribution in [0.15, 0.2) is 24.3 Å². The Kier molecular flexibility index (Phi) is 3.22. The van der Waals surface area contributed by atoms with Crippen LogP contribution in [0.2, 0.25) is 0 Å². The summed E-state index contributed by atoms with van der Waals surface area (Å²) in [4.78, 5) is 24.9. The average molecular weight is 293 g/mol. The summed E-state index contributed by atoms with van der Waals surface area (Å²) in [5.41, 5.74) is -0.494. The number of carbonyl (C=O) groups is 2. The Morgan fingerprint density at radius 2 is 2.20 bits per heavy atom. The van der Waals surface area contributed by atoms with Crippen molar-refractivity contribution in [3.05, 3.63) is 35.4 Å². The monoisotopic (exact) mass is 293 g/mol. The molecule has 5 nitrogen and oxygen atoms in total. The summed E-state index contributed by atoms with van der Waals surface area (Å²) in [5.74, 6) is -0.428. The minimum atomic E-state index is -1.51. The molecule has 0 bridgehead atoms. The van der Waals surface area contributed by atoms with Crippen LogP contribution in [0.1, 0.15) is 28.8 Å². The molecule has 6 heteroatoms. The van der Waals surface area contributed by atoms with Crippen molar-refractivity contribution in [1.29, 1.82) is 0 Å². The molecule has 0 aliphatic carbocycles. The van der Waals surface area contributed by atoms with Gasteiger partial charge < -0.3 is 15.1 Å². The zero-order chi connectivity index (χ0) is 14.3. The van der Waals surface area contributed by atoms with E-state index in [1.165, 1.54) is 16.7 Å². The number of fused-ring (bicyclic) bond motifs is 3. The number of aliphatic hydroxyl groups is 1. The van der Waals surface area contributed by atoms with Crippen LogP contribution in [0.4, 0.5) is 0 Å². The van der Waals surface area contributed by atoms with Crippen molar-refractivity contribution in [2.45, 2.75) is 23.8 Å². The molecule has 2 aliphatic heterocycles. The molecule has 1 amide bonds. The summed E-state index contributed by atoms with van der Waals surface area (Å²) in [6.45, 7) is 0.452. The van der Waals surface area contributed by atoms with E-state index in [0.29, 0.717) is 17.7 Å². The van der Waals surface area contributed by atoms with E-state index in [-0.39, 0.29) is 12.3 Å². The van der Waals surface area contributed by atoms with Crippen LogP contribution in [0.25, 0.3) is 0 Å². The highest BCUT2D eigenvalue weighted by atomic mass is 32.2. The Labute approximate surface area is 120 Å². The van der Waals surface area contributed by atoms with Crippen molar-refractivity contribution >= 4 is 23.6 Å². The van der Waals surface area contributed by atoms with Crippen LogP contribution in [0.5, 0.6) is 0 Å². The number of carboxylic acids is 1. The number of amides is 1. The van der Waals surface area contributed by atoms with Gasteiger partial charge in [-0.1, -0.05) is 18.2 Å². The maximum absolute atomic E-state index is 12.4. The van der Waals surface area contributed by atoms with Crippen LogP contribution < -0.4 is 0 Å². The lowest BCUT2D eigenvalue weighted by Crippen LogP contribution is -2.50. The predicted molar refractivity (Wildman–Crippen MR) is 74.5 cm³/mol. The van der Waals surface area contributed by atoms with E-state index in [4.69, 9.17) is 5.11 Å². The van der Waals surface area contributed by atoms with Gasteiger partial charge in [0.2, 0.25) is 0 Å². The molecular formula is C14H15NO4S. The van der Waals surface area contributed by atoms with E-state index in [0.717, 1.165) is 12.2 Å². The average Bonchev–Trinajstić information content (AvgIpc) is 2.55. The van der Waals surface area contributed by atoms with Crippen molar-refractivity contribution in [2.75, 3.05) is 12.3 Å². The molecule has 1 fully saturated rings. The first kappa shape index (κ1) is 13.5. The number of hydrogen-bond donors (Lipinski definition) is 2. The van der Waals surface area contributed by atoms with E-state index < -0.39 is 16.9 Å². The predicted octanol–water partition coefficient (Wildman–Crippen LogP) is 1.27. The van der Waals surface area contributed by atoms with Gasteiger partial charge in [-0.05, 0) is 18.2 Å². The van der Waals surface area contributed by atoms with E-state index in [1.807, 2.05) is 0 Å². The minimum absolute atomic E-state index is 0.167. The number of hydrogen-bond acceptors (Lipinski definition) is 4. The highest BCUT2D eigenvalue weighted by Crippen LogP contribution is 2.46. The lowest BCUT2D eigenvalue weighted by atomic mass is 9.96. The first-order chi connectivity index (χ1) is 9.55. The number of aliphatic carboxylic acids is 1. The van der Waals surface area contributed by atoms with Gasteiger partial charge in [0.15, 0.2) is 5.72 Å². The lowest BCUT2D eigenvalue weighted by Gasteiger charge is -2.37. The Balaban J connectivity index is 2.12. The molecule has 1 aromatic carbocycles. The Morgan fingerprint density at radius 3 is 2.95 bits per heavy atom. The first-order valence-electron chi connectivity index (χ1n) is 6.52. The molecule has 106 valence electrons. The van der Waals surface area contributed by atoms with Crippen molar-refractivity contribution in [1.82, 2.24) is 4.90 Å². The normalized spacial score (nSPS) is 28.8. The molecule has 0 aromatic heterocycles. The number of thioether (sulfide) groups is 1. The number of rotatable bonds is 2. The summed E-state index contributed by atoms with van der Waals surface area (Å²) in [6.07, 6.45) is 0.585. The van der Waals surface area contributed by atoms with Crippen LogP contribution in [-0.2, 0) is 10.5 Å². The van der Waals surface area contributed by atoms with E-state index in [9.17, 15) is 14.7 Å². The van der Waals surface area contributed by atoms with E-state index in [1.54, 1.807) is 24.3 Å². The van der Waals surface area contributed by atoms with Gasteiger partial charge in [-0.3, -0.25) is 9.59 Å². The standard InChI is InChI=1S/C14H15NO4S/c16-12(17)8-11-14(19)10-5-2-1-4-9(10)13(18)15(14)6-3-7-20-11/h1-2,4-5,11,19H,3,6-8H2,(H,16,17)/t11-,14+/m0/s1. The number of benzene rings is 1. The smallest absolute Gasteiger partial charge is 0.304 e. The van der Waals surface area contributed by atoms with Gasteiger partial charge in [0.1, 0.15) is 0 Å². The molecule has 0 saturated carbocycles. The zero-order valence-electron chi connectivity index (χ0n) is 10.8. The maximum atomic E-state index is 12.4. The van der Waals surface area contributed by atoms with E-state index >= 15 is 0 Å². The minimum Gasteiger partial charge on any atom is -0.481 e. The molecule has 2 N–H and O–H groups in total. The third-order valence-electron chi connectivity index (χ3n) is 3.86. The number of carbonyl (C=O) groups excluding carboxylic acids is 1. The van der Waals surface area contributed by atoms with Gasteiger partial charge in [0, 0.05) is 17.7 Å². The Bertz CT molecular complexity index is 576. The summed E-state index contributed by atoms with van der Waals surface area (Å²) in [7, 11) is 0. The van der Waals surface area contributed by atoms with Gasteiger partial charge >= 0.3 is 5.97 Å². The molecule has 1 saturated heterocycles. The molecule has 2 aliphatic rings. The highest BCUT2D eigenvalue weighted by molar-refractivity contribution is 8.00. The summed E-state index contributed by atoms with van der Waals surface area (Å²) in [5, 5.41) is 19.7. The molecule has 20 heavy (non-hydrogen) atoms. The van der Waals surface area contributed by atoms with Crippen LogP contribution in [0.3, 0.4) is 0 Å². The van der Waals surface area contributed by atoms with Crippen molar-refractivity contribution in [3.63, 3.8) is 0 Å². The molecule has 0 unspecified atom stereocenters. The molecule has 2 atom stereocenters. The van der Waals surface area contributed by atoms with Crippen LogP contribution >= 0.6 is 11.8 Å². The summed E-state index contributed by atoms with van der Waals surface area (Å²) in [6, 6.07) is 6.92. The zero-order valence-corrected chi connectivity index (χ0v) is 11.6. The third-order valence-corrected chi connectivity index (χ3v) is 5.29. The quantitative estimate of drug-likeness (QED) is 0.858. The van der Waals surface area contributed by atoms with Gasteiger partial charge in [-0.2, -0.15) is 11.8 Å². The third kappa shape index (κ3) is 1.83. The van der Waals surface area contributed by atoms with Gasteiger partial charge in [0.25, 0.3) is 5.91 Å². The second kappa shape index (κ2) is 4.79. The fourth-order valence-corrected chi connectivity index (χ4v) is 4.31. The molecule has 0 radical (unpaired) electrons. The second-order valence-electron chi connectivity index (χ2n) is 5.04. The Hall–Kier alpha value is -1.53. The van der Waals surface area contributed by atoms with Crippen molar-refractivity contribution in [3.8, 4) is 0 Å². The van der Waals surface area contributed by atoms with Crippen LogP contribution in [-0.4, -0.2) is 44.5 Å². The lowest BCUT2D eigenvalue weighted by molar-refractivity contribution is -0.141. The summed E-state index contributed by atoms with van der Waals surface area (Å²) >= 11 is 1.43. The topological polar surface area (TPSA) is 77.8 Å². The molecule has 3 rings (SSSR count). The van der Waals surface area contributed by atoms with Crippen molar-refractivity contribution < 1.29 is 19.8 Å². The first-order valence-corrected chi connectivity index (χ1v) is 7.57. The maximum Gasteiger partial charge on any atom is 0.304 e. The molecule has 0 spiro atoms. The number of carboxylic acid groups (broad SMARTS) is 1. The highest BCUT2D eigenvalue weighted by Gasteiger charge is 2.54. The van der Waals surface area contributed by atoms with Gasteiger partial charge in [-0.15, -0.1) is 0 Å². The fraction of sp³-hybridized carbons (Fsp3) is 0.429. The summed E-state index contributed by atoms with van der Waals surface area (Å²) < 4.78 is 0. The van der Waals surface area contributed by atoms with Crippen molar-refractivity contribution in [2.24, 2.45) is 0 Å². The van der Waals surface area contributed by atoms with Gasteiger partial charge in [0.05, 0.1) is 11.7 Å².